The normalized spacial score (nSPS) is 25.7. The average Bonchev–Trinajstić information content (AvgIpc) is 3.10. The van der Waals surface area contributed by atoms with Crippen molar-refractivity contribution in [3.05, 3.63) is 48.0 Å². The molecule has 3 nitrogen and oxygen atoms in total. The van der Waals surface area contributed by atoms with Crippen LogP contribution in [0.3, 0.4) is 0 Å². The van der Waals surface area contributed by atoms with Gasteiger partial charge < -0.3 is 4.90 Å². The highest BCUT2D eigenvalue weighted by Crippen LogP contribution is 2.46. The van der Waals surface area contributed by atoms with E-state index in [1.807, 2.05) is 23.1 Å². The first-order valence-electron chi connectivity index (χ1n) is 8.47. The van der Waals surface area contributed by atoms with Crippen LogP contribution in [0.4, 0.5) is 0 Å². The number of amides is 1. The minimum atomic E-state index is -0.534. The Kier molecular flexibility index (Phi) is 3.26. The van der Waals surface area contributed by atoms with Crippen LogP contribution >= 0.6 is 0 Å². The molecule has 0 bridgehead atoms. The summed E-state index contributed by atoms with van der Waals surface area (Å²) in [4.78, 5) is 27.1. The van der Waals surface area contributed by atoms with Gasteiger partial charge in [-0.1, -0.05) is 42.5 Å². The summed E-state index contributed by atoms with van der Waals surface area (Å²) in [6.07, 6.45) is 3.55. The van der Waals surface area contributed by atoms with Gasteiger partial charge in [0.05, 0.1) is 6.04 Å². The molecule has 1 aliphatic carbocycles. The first-order valence-corrected chi connectivity index (χ1v) is 8.47. The lowest BCUT2D eigenvalue weighted by Crippen LogP contribution is -2.50. The zero-order valence-corrected chi connectivity index (χ0v) is 13.4. The molecule has 2 aromatic rings. The molecule has 23 heavy (non-hydrogen) atoms. The van der Waals surface area contributed by atoms with Gasteiger partial charge in [0.2, 0.25) is 5.91 Å². The molecule has 0 unspecified atom stereocenters. The van der Waals surface area contributed by atoms with Gasteiger partial charge in [-0.15, -0.1) is 0 Å². The number of Topliss-reactive ketones (excluding diaryl/α,β-unsaturated/α-hetero) is 1. The van der Waals surface area contributed by atoms with Crippen LogP contribution in [0.2, 0.25) is 0 Å². The number of benzene rings is 2. The quantitative estimate of drug-likeness (QED) is 0.840. The zero-order valence-electron chi connectivity index (χ0n) is 13.4. The first kappa shape index (κ1) is 14.4. The van der Waals surface area contributed by atoms with Crippen LogP contribution in [-0.4, -0.2) is 22.1 Å². The number of fused-ring (bicyclic) bond motifs is 1. The molecule has 2 aromatic carbocycles. The Hall–Kier alpha value is -2.16. The Balaban J connectivity index is 1.82. The Bertz CT molecular complexity index is 792. The Morgan fingerprint density at radius 1 is 1.00 bits per heavy atom. The van der Waals surface area contributed by atoms with Crippen LogP contribution in [0.1, 0.15) is 50.6 Å². The lowest BCUT2D eigenvalue weighted by Gasteiger charge is -2.38. The molecule has 1 saturated carbocycles. The molecular formula is C20H21NO2. The van der Waals surface area contributed by atoms with E-state index in [0.29, 0.717) is 19.3 Å². The summed E-state index contributed by atoms with van der Waals surface area (Å²) in [6, 6.07) is 14.4. The van der Waals surface area contributed by atoms with Crippen molar-refractivity contribution in [3.8, 4) is 0 Å². The molecular weight excluding hydrogens is 286 g/mol. The van der Waals surface area contributed by atoms with Crippen molar-refractivity contribution >= 4 is 22.5 Å². The summed E-state index contributed by atoms with van der Waals surface area (Å²) in [5, 5.41) is 2.35. The maximum absolute atomic E-state index is 12.6. The van der Waals surface area contributed by atoms with Gasteiger partial charge in [0.1, 0.15) is 5.54 Å². The summed E-state index contributed by atoms with van der Waals surface area (Å²) in [5.41, 5.74) is 0.602. The van der Waals surface area contributed by atoms with E-state index in [-0.39, 0.29) is 17.7 Å². The molecule has 1 aliphatic heterocycles. The number of hydrogen-bond acceptors (Lipinski definition) is 2. The summed E-state index contributed by atoms with van der Waals surface area (Å²) in [7, 11) is 0. The van der Waals surface area contributed by atoms with Gasteiger partial charge in [-0.3, -0.25) is 9.59 Å². The van der Waals surface area contributed by atoms with E-state index in [0.717, 1.165) is 18.4 Å². The van der Waals surface area contributed by atoms with Crippen molar-refractivity contribution in [2.24, 2.45) is 0 Å². The van der Waals surface area contributed by atoms with Gasteiger partial charge in [0.15, 0.2) is 5.78 Å². The topological polar surface area (TPSA) is 37.4 Å². The molecule has 1 saturated heterocycles. The van der Waals surface area contributed by atoms with Crippen LogP contribution < -0.4 is 0 Å². The smallest absolute Gasteiger partial charge is 0.224 e. The van der Waals surface area contributed by atoms with Crippen molar-refractivity contribution < 1.29 is 9.59 Å². The zero-order chi connectivity index (χ0) is 16.0. The second kappa shape index (κ2) is 5.19. The van der Waals surface area contributed by atoms with Gasteiger partial charge in [0.25, 0.3) is 0 Å². The standard InChI is InChI=1S/C20H21NO2/c1-14(16-9-4-7-15-6-2-3-8-17(15)16)21-19(23)11-13-20(21)12-5-10-18(20)22/h2-4,6-9,14H,5,10-13H2,1H3/t14-,20+/m1/s1. The van der Waals surface area contributed by atoms with Crippen molar-refractivity contribution in [3.63, 3.8) is 0 Å². The maximum atomic E-state index is 12.6. The predicted octanol–water partition coefficient (Wildman–Crippen LogP) is 4.02. The van der Waals surface area contributed by atoms with E-state index in [9.17, 15) is 9.59 Å². The molecule has 1 heterocycles. The molecule has 1 amide bonds. The number of nitrogens with zero attached hydrogens (tertiary/aromatic N) is 1. The second-order valence-corrected chi connectivity index (χ2v) is 6.82. The molecule has 118 valence electrons. The summed E-state index contributed by atoms with van der Waals surface area (Å²) < 4.78 is 0. The number of likely N-dealkylation sites (tertiary alicyclic amines) is 1. The SMILES string of the molecule is C[C@H](c1cccc2ccccc12)N1C(=O)CC[C@]12CCCC2=O. The highest BCUT2D eigenvalue weighted by Gasteiger charge is 2.54. The lowest BCUT2D eigenvalue weighted by atomic mass is 9.90. The van der Waals surface area contributed by atoms with Gasteiger partial charge in [-0.2, -0.15) is 0 Å². The van der Waals surface area contributed by atoms with Gasteiger partial charge in [-0.05, 0) is 42.5 Å². The maximum Gasteiger partial charge on any atom is 0.224 e. The van der Waals surface area contributed by atoms with Crippen LogP contribution in [0.25, 0.3) is 10.8 Å². The summed E-state index contributed by atoms with van der Waals surface area (Å²) in [6.45, 7) is 2.07. The van der Waals surface area contributed by atoms with E-state index in [2.05, 4.69) is 31.2 Å². The van der Waals surface area contributed by atoms with E-state index < -0.39 is 5.54 Å². The first-order chi connectivity index (χ1) is 11.1. The number of rotatable bonds is 2. The average molecular weight is 307 g/mol. The number of hydrogen-bond donors (Lipinski definition) is 0. The Labute approximate surface area is 136 Å². The third-order valence-corrected chi connectivity index (χ3v) is 5.66. The molecule has 4 rings (SSSR count). The third kappa shape index (κ3) is 2.03. The monoisotopic (exact) mass is 307 g/mol. The van der Waals surface area contributed by atoms with Crippen LogP contribution in [-0.2, 0) is 9.59 Å². The van der Waals surface area contributed by atoms with E-state index in [1.54, 1.807) is 0 Å². The fourth-order valence-corrected chi connectivity index (χ4v) is 4.57. The molecule has 0 aromatic heterocycles. The highest BCUT2D eigenvalue weighted by molar-refractivity contribution is 5.98. The Morgan fingerprint density at radius 3 is 2.57 bits per heavy atom. The van der Waals surface area contributed by atoms with Crippen LogP contribution in [0, 0.1) is 0 Å². The lowest BCUT2D eigenvalue weighted by molar-refractivity contribution is -0.141. The van der Waals surface area contributed by atoms with Gasteiger partial charge in [0, 0.05) is 12.8 Å². The minimum Gasteiger partial charge on any atom is -0.323 e. The fourth-order valence-electron chi connectivity index (χ4n) is 4.57. The van der Waals surface area contributed by atoms with Crippen molar-refractivity contribution in [1.29, 1.82) is 0 Å². The van der Waals surface area contributed by atoms with Gasteiger partial charge in [-0.25, -0.2) is 0 Å². The molecule has 0 N–H and O–H groups in total. The Morgan fingerprint density at radius 2 is 1.78 bits per heavy atom. The van der Waals surface area contributed by atoms with Crippen molar-refractivity contribution in [2.45, 2.75) is 50.6 Å². The van der Waals surface area contributed by atoms with Crippen molar-refractivity contribution in [2.75, 3.05) is 0 Å². The fraction of sp³-hybridized carbons (Fsp3) is 0.400. The van der Waals surface area contributed by atoms with Crippen molar-refractivity contribution in [1.82, 2.24) is 4.90 Å². The summed E-state index contributed by atoms with van der Waals surface area (Å²) >= 11 is 0. The third-order valence-electron chi connectivity index (χ3n) is 5.66. The molecule has 2 atom stereocenters. The summed E-state index contributed by atoms with van der Waals surface area (Å²) in [5.74, 6) is 0.385. The predicted molar refractivity (Wildman–Crippen MR) is 90.0 cm³/mol. The van der Waals surface area contributed by atoms with Crippen LogP contribution in [0.5, 0.6) is 0 Å². The molecule has 2 aliphatic rings. The number of carbonyl (C=O) groups excluding carboxylic acids is 2. The number of ketones is 1. The minimum absolute atomic E-state index is 0.0712. The van der Waals surface area contributed by atoms with Gasteiger partial charge >= 0.3 is 0 Å². The van der Waals surface area contributed by atoms with E-state index >= 15 is 0 Å². The number of carbonyl (C=O) groups is 2. The molecule has 3 heteroatoms. The second-order valence-electron chi connectivity index (χ2n) is 6.82. The van der Waals surface area contributed by atoms with Crippen LogP contribution in [0.15, 0.2) is 42.5 Å². The van der Waals surface area contributed by atoms with E-state index in [1.165, 1.54) is 10.8 Å². The molecule has 0 radical (unpaired) electrons. The van der Waals surface area contributed by atoms with E-state index in [4.69, 9.17) is 0 Å². The largest absolute Gasteiger partial charge is 0.323 e. The molecule has 2 fully saturated rings. The molecule has 1 spiro atoms. The highest BCUT2D eigenvalue weighted by atomic mass is 16.2.